The van der Waals surface area contributed by atoms with E-state index in [4.69, 9.17) is 4.42 Å². The second kappa shape index (κ2) is 7.03. The van der Waals surface area contributed by atoms with E-state index in [1.807, 2.05) is 6.07 Å². The minimum absolute atomic E-state index is 0.270. The van der Waals surface area contributed by atoms with E-state index in [0.717, 1.165) is 31.2 Å². The van der Waals surface area contributed by atoms with Gasteiger partial charge < -0.3 is 9.73 Å². The summed E-state index contributed by atoms with van der Waals surface area (Å²) >= 11 is 0. The van der Waals surface area contributed by atoms with Crippen LogP contribution in [0.2, 0.25) is 0 Å². The van der Waals surface area contributed by atoms with Crippen molar-refractivity contribution in [3.63, 3.8) is 0 Å². The molecule has 2 aromatic rings. The van der Waals surface area contributed by atoms with Gasteiger partial charge in [-0.3, -0.25) is 4.90 Å². The third-order valence-corrected chi connectivity index (χ3v) is 4.99. The number of nitrogens with one attached hydrogen (secondary N) is 1. The number of aromatic nitrogens is 1. The van der Waals surface area contributed by atoms with Gasteiger partial charge in [0.1, 0.15) is 12.1 Å². The molecule has 0 amide bonds. The van der Waals surface area contributed by atoms with Crippen LogP contribution in [0.3, 0.4) is 0 Å². The Morgan fingerprint density at radius 1 is 1.21 bits per heavy atom. The summed E-state index contributed by atoms with van der Waals surface area (Å²) in [5.74, 6) is 1.16. The standard InChI is InChI=1S/C19H24FN3O/c20-16-3-1-2-15(10-16)19-22-18(13-24-19)12-23-8-6-17(7-9-23)21-11-14-4-5-14/h1-3,10,13-14,17,21H,4-9,11-12H2. The molecule has 24 heavy (non-hydrogen) atoms. The fourth-order valence-electron chi connectivity index (χ4n) is 3.31. The van der Waals surface area contributed by atoms with Gasteiger partial charge in [-0.15, -0.1) is 0 Å². The van der Waals surface area contributed by atoms with Crippen molar-refractivity contribution in [1.29, 1.82) is 0 Å². The largest absolute Gasteiger partial charge is 0.444 e. The van der Waals surface area contributed by atoms with E-state index in [0.29, 0.717) is 17.5 Å². The second-order valence-electron chi connectivity index (χ2n) is 7.06. The molecule has 0 bridgehead atoms. The number of halogens is 1. The molecular weight excluding hydrogens is 305 g/mol. The molecule has 1 saturated heterocycles. The summed E-state index contributed by atoms with van der Waals surface area (Å²) in [6, 6.07) is 7.03. The first-order chi connectivity index (χ1) is 11.8. The SMILES string of the molecule is Fc1cccc(-c2nc(CN3CCC(NCC4CC4)CC3)co2)c1. The highest BCUT2D eigenvalue weighted by Crippen LogP contribution is 2.28. The minimum Gasteiger partial charge on any atom is -0.444 e. The van der Waals surface area contributed by atoms with Crippen molar-refractivity contribution in [3.05, 3.63) is 42.0 Å². The molecule has 1 saturated carbocycles. The molecule has 2 aliphatic rings. The van der Waals surface area contributed by atoms with Crippen molar-refractivity contribution in [2.45, 2.75) is 38.3 Å². The van der Waals surface area contributed by atoms with E-state index in [-0.39, 0.29) is 5.82 Å². The first-order valence-electron chi connectivity index (χ1n) is 8.92. The molecule has 1 N–H and O–H groups in total. The van der Waals surface area contributed by atoms with E-state index < -0.39 is 0 Å². The van der Waals surface area contributed by atoms with Crippen LogP contribution in [0, 0.1) is 11.7 Å². The summed E-state index contributed by atoms with van der Waals surface area (Å²) in [7, 11) is 0. The van der Waals surface area contributed by atoms with Gasteiger partial charge in [-0.05, 0) is 56.3 Å². The first kappa shape index (κ1) is 15.8. The molecular formula is C19H24FN3O. The predicted molar refractivity (Wildman–Crippen MR) is 90.9 cm³/mol. The molecule has 0 spiro atoms. The Kier molecular flexibility index (Phi) is 4.63. The minimum atomic E-state index is -0.270. The molecule has 1 aliphatic carbocycles. The van der Waals surface area contributed by atoms with Crippen molar-refractivity contribution < 1.29 is 8.81 Å². The van der Waals surface area contributed by atoms with Crippen LogP contribution in [0.4, 0.5) is 4.39 Å². The smallest absolute Gasteiger partial charge is 0.226 e. The van der Waals surface area contributed by atoms with E-state index in [2.05, 4.69) is 15.2 Å². The van der Waals surface area contributed by atoms with Crippen LogP contribution in [0.1, 0.15) is 31.4 Å². The lowest BCUT2D eigenvalue weighted by atomic mass is 10.0. The van der Waals surface area contributed by atoms with Gasteiger partial charge >= 0.3 is 0 Å². The van der Waals surface area contributed by atoms with E-state index in [9.17, 15) is 4.39 Å². The van der Waals surface area contributed by atoms with Crippen LogP contribution in [0.15, 0.2) is 34.9 Å². The van der Waals surface area contributed by atoms with Gasteiger partial charge in [-0.25, -0.2) is 9.37 Å². The fraction of sp³-hybridized carbons (Fsp3) is 0.526. The zero-order valence-electron chi connectivity index (χ0n) is 13.9. The molecule has 1 aromatic carbocycles. The van der Waals surface area contributed by atoms with Crippen molar-refractivity contribution >= 4 is 0 Å². The molecule has 4 nitrogen and oxygen atoms in total. The Morgan fingerprint density at radius 3 is 2.79 bits per heavy atom. The Bertz CT molecular complexity index is 675. The number of rotatable bonds is 6. The maximum Gasteiger partial charge on any atom is 0.226 e. The molecule has 0 atom stereocenters. The van der Waals surface area contributed by atoms with Gasteiger partial charge in [-0.1, -0.05) is 6.07 Å². The summed E-state index contributed by atoms with van der Waals surface area (Å²) in [6.07, 6.45) is 6.90. The van der Waals surface area contributed by atoms with Gasteiger partial charge in [0, 0.05) is 31.2 Å². The molecule has 4 rings (SSSR count). The molecule has 1 aromatic heterocycles. The van der Waals surface area contributed by atoms with Crippen LogP contribution in [0.25, 0.3) is 11.5 Å². The van der Waals surface area contributed by atoms with Gasteiger partial charge in [0.25, 0.3) is 0 Å². The number of benzene rings is 1. The number of hydrogen-bond acceptors (Lipinski definition) is 4. The summed E-state index contributed by atoms with van der Waals surface area (Å²) in [4.78, 5) is 6.93. The molecule has 0 unspecified atom stereocenters. The van der Waals surface area contributed by atoms with Crippen LogP contribution >= 0.6 is 0 Å². The number of oxazole rings is 1. The highest BCUT2D eigenvalue weighted by Gasteiger charge is 2.24. The highest BCUT2D eigenvalue weighted by molar-refractivity contribution is 5.52. The molecule has 1 aliphatic heterocycles. The van der Waals surface area contributed by atoms with Crippen LogP contribution < -0.4 is 5.32 Å². The highest BCUT2D eigenvalue weighted by atomic mass is 19.1. The lowest BCUT2D eigenvalue weighted by Gasteiger charge is -2.31. The van der Waals surface area contributed by atoms with Crippen molar-refractivity contribution in [1.82, 2.24) is 15.2 Å². The Morgan fingerprint density at radius 2 is 2.04 bits per heavy atom. The maximum atomic E-state index is 13.3. The molecule has 2 fully saturated rings. The third-order valence-electron chi connectivity index (χ3n) is 4.99. The van der Waals surface area contributed by atoms with Gasteiger partial charge in [-0.2, -0.15) is 0 Å². The van der Waals surface area contributed by atoms with E-state index >= 15 is 0 Å². The number of hydrogen-bond donors (Lipinski definition) is 1. The zero-order valence-corrected chi connectivity index (χ0v) is 13.9. The predicted octanol–water partition coefficient (Wildman–Crippen LogP) is 3.44. The quantitative estimate of drug-likeness (QED) is 0.881. The summed E-state index contributed by atoms with van der Waals surface area (Å²) in [5.41, 5.74) is 1.60. The maximum absolute atomic E-state index is 13.3. The van der Waals surface area contributed by atoms with E-state index in [1.165, 1.54) is 44.4 Å². The average Bonchev–Trinajstić information content (AvgIpc) is 3.31. The van der Waals surface area contributed by atoms with Gasteiger partial charge in [0.15, 0.2) is 0 Å². The topological polar surface area (TPSA) is 41.3 Å². The Labute approximate surface area is 142 Å². The second-order valence-corrected chi connectivity index (χ2v) is 7.06. The summed E-state index contributed by atoms with van der Waals surface area (Å²) < 4.78 is 18.8. The zero-order chi connectivity index (χ0) is 16.4. The van der Waals surface area contributed by atoms with E-state index in [1.54, 1.807) is 12.3 Å². The Balaban J connectivity index is 1.28. The molecule has 0 radical (unpaired) electrons. The van der Waals surface area contributed by atoms with Gasteiger partial charge in [0.05, 0.1) is 5.69 Å². The third kappa shape index (κ3) is 4.02. The Hall–Kier alpha value is -1.72. The monoisotopic (exact) mass is 329 g/mol. The van der Waals surface area contributed by atoms with Crippen LogP contribution in [-0.2, 0) is 6.54 Å². The molecule has 5 heteroatoms. The summed E-state index contributed by atoms with van der Waals surface area (Å²) in [6.45, 7) is 4.17. The normalized spacial score (nSPS) is 19.7. The van der Waals surface area contributed by atoms with Crippen molar-refractivity contribution in [2.24, 2.45) is 5.92 Å². The molecule has 128 valence electrons. The van der Waals surface area contributed by atoms with Gasteiger partial charge in [0.2, 0.25) is 5.89 Å². The average molecular weight is 329 g/mol. The fourth-order valence-corrected chi connectivity index (χ4v) is 3.31. The summed E-state index contributed by atoms with van der Waals surface area (Å²) in [5, 5.41) is 3.70. The van der Waals surface area contributed by atoms with Crippen LogP contribution in [0.5, 0.6) is 0 Å². The number of piperidine rings is 1. The first-order valence-corrected chi connectivity index (χ1v) is 8.92. The molecule has 2 heterocycles. The lowest BCUT2D eigenvalue weighted by Crippen LogP contribution is -2.42. The number of nitrogens with zero attached hydrogens (tertiary/aromatic N) is 2. The van der Waals surface area contributed by atoms with Crippen LogP contribution in [-0.4, -0.2) is 35.6 Å². The lowest BCUT2D eigenvalue weighted by molar-refractivity contribution is 0.188. The number of likely N-dealkylation sites (tertiary alicyclic amines) is 1. The van der Waals surface area contributed by atoms with Crippen molar-refractivity contribution in [3.8, 4) is 11.5 Å². The van der Waals surface area contributed by atoms with Crippen molar-refractivity contribution in [2.75, 3.05) is 19.6 Å².